The number of nitrogens with one attached hydrogen (secondary N) is 1. The molecule has 0 aromatic heterocycles. The Kier molecular flexibility index (Phi) is 6.61. The number of carbonyl (C=O) groups is 1. The standard InChI is InChI=1S/C21H24FNO3S/c1-14(2)21(15-8-9-17-18(12-15)26-11-5-10-25-17)23-20(24)13-27-19-7-4-3-6-16(19)22/h3-4,6-9,12,14,21H,5,10-11,13H2,1-2H3,(H,23,24). The lowest BCUT2D eigenvalue weighted by Gasteiger charge is -2.24. The molecule has 0 fully saturated rings. The monoisotopic (exact) mass is 389 g/mol. The summed E-state index contributed by atoms with van der Waals surface area (Å²) in [5, 5.41) is 3.07. The van der Waals surface area contributed by atoms with Gasteiger partial charge in [-0.05, 0) is 35.7 Å². The van der Waals surface area contributed by atoms with E-state index in [1.165, 1.54) is 17.8 Å². The first-order valence-corrected chi connectivity index (χ1v) is 10.1. The van der Waals surface area contributed by atoms with Gasteiger partial charge in [0.25, 0.3) is 0 Å². The highest BCUT2D eigenvalue weighted by Gasteiger charge is 2.21. The third-order valence-corrected chi connectivity index (χ3v) is 5.36. The molecule has 1 unspecified atom stereocenters. The summed E-state index contributed by atoms with van der Waals surface area (Å²) >= 11 is 1.20. The van der Waals surface area contributed by atoms with Crippen LogP contribution < -0.4 is 14.8 Å². The molecular formula is C21H24FNO3S. The number of halogens is 1. The molecule has 144 valence electrons. The second kappa shape index (κ2) is 9.13. The van der Waals surface area contributed by atoms with Crippen molar-refractivity contribution in [3.63, 3.8) is 0 Å². The molecule has 3 rings (SSSR count). The predicted octanol–water partition coefficient (Wildman–Crippen LogP) is 4.59. The van der Waals surface area contributed by atoms with Crippen molar-refractivity contribution in [3.8, 4) is 11.5 Å². The minimum atomic E-state index is -0.307. The highest BCUT2D eigenvalue weighted by Crippen LogP contribution is 2.34. The molecule has 0 spiro atoms. The first kappa shape index (κ1) is 19.5. The molecule has 1 heterocycles. The molecule has 0 saturated carbocycles. The second-order valence-corrected chi connectivity index (χ2v) is 7.78. The Bertz CT molecular complexity index is 797. The lowest BCUT2D eigenvalue weighted by Crippen LogP contribution is -2.33. The van der Waals surface area contributed by atoms with E-state index in [0.717, 1.165) is 17.7 Å². The predicted molar refractivity (Wildman–Crippen MR) is 105 cm³/mol. The molecule has 1 atom stereocenters. The van der Waals surface area contributed by atoms with Gasteiger partial charge >= 0.3 is 0 Å². The fourth-order valence-electron chi connectivity index (χ4n) is 2.93. The van der Waals surface area contributed by atoms with Crippen LogP contribution >= 0.6 is 11.8 Å². The van der Waals surface area contributed by atoms with Crippen LogP contribution in [0.15, 0.2) is 47.4 Å². The van der Waals surface area contributed by atoms with E-state index < -0.39 is 0 Å². The van der Waals surface area contributed by atoms with Gasteiger partial charge in [0.2, 0.25) is 5.91 Å². The normalized spacial score (nSPS) is 14.5. The van der Waals surface area contributed by atoms with Crippen LogP contribution in [0.25, 0.3) is 0 Å². The summed E-state index contributed by atoms with van der Waals surface area (Å²) in [6.45, 7) is 5.37. The number of thioether (sulfide) groups is 1. The van der Waals surface area contributed by atoms with E-state index in [0.29, 0.717) is 23.9 Å². The van der Waals surface area contributed by atoms with Crippen molar-refractivity contribution in [2.75, 3.05) is 19.0 Å². The number of benzene rings is 2. The Morgan fingerprint density at radius 2 is 1.89 bits per heavy atom. The third-order valence-electron chi connectivity index (χ3n) is 4.31. The van der Waals surface area contributed by atoms with E-state index in [1.54, 1.807) is 18.2 Å². The van der Waals surface area contributed by atoms with Crippen LogP contribution in [0.1, 0.15) is 31.9 Å². The molecule has 1 N–H and O–H groups in total. The molecule has 0 aliphatic carbocycles. The van der Waals surface area contributed by atoms with Gasteiger partial charge in [0.1, 0.15) is 5.82 Å². The highest BCUT2D eigenvalue weighted by molar-refractivity contribution is 8.00. The van der Waals surface area contributed by atoms with Gasteiger partial charge in [0.15, 0.2) is 11.5 Å². The van der Waals surface area contributed by atoms with Gasteiger partial charge in [-0.2, -0.15) is 0 Å². The van der Waals surface area contributed by atoms with E-state index in [-0.39, 0.29) is 29.4 Å². The average molecular weight is 389 g/mol. The van der Waals surface area contributed by atoms with Crippen LogP contribution in [-0.2, 0) is 4.79 Å². The zero-order chi connectivity index (χ0) is 19.2. The summed E-state index contributed by atoms with van der Waals surface area (Å²) in [5.74, 6) is 1.37. The van der Waals surface area contributed by atoms with E-state index in [1.807, 2.05) is 18.2 Å². The fraction of sp³-hybridized carbons (Fsp3) is 0.381. The van der Waals surface area contributed by atoms with E-state index in [2.05, 4.69) is 19.2 Å². The Morgan fingerprint density at radius 3 is 2.63 bits per heavy atom. The minimum absolute atomic E-state index is 0.130. The third kappa shape index (κ3) is 5.16. The van der Waals surface area contributed by atoms with Crippen molar-refractivity contribution in [2.24, 2.45) is 5.92 Å². The van der Waals surface area contributed by atoms with Crippen molar-refractivity contribution in [2.45, 2.75) is 31.2 Å². The van der Waals surface area contributed by atoms with Crippen LogP contribution in [0.4, 0.5) is 4.39 Å². The minimum Gasteiger partial charge on any atom is -0.490 e. The second-order valence-electron chi connectivity index (χ2n) is 6.76. The topological polar surface area (TPSA) is 47.6 Å². The summed E-state index contributed by atoms with van der Waals surface area (Å²) < 4.78 is 25.1. The Labute approximate surface area is 163 Å². The van der Waals surface area contributed by atoms with E-state index in [4.69, 9.17) is 9.47 Å². The van der Waals surface area contributed by atoms with Crippen molar-refractivity contribution in [1.82, 2.24) is 5.32 Å². The average Bonchev–Trinajstić information content (AvgIpc) is 2.90. The van der Waals surface area contributed by atoms with Crippen molar-refractivity contribution in [1.29, 1.82) is 0 Å². The summed E-state index contributed by atoms with van der Waals surface area (Å²) in [4.78, 5) is 12.9. The molecule has 1 amide bonds. The smallest absolute Gasteiger partial charge is 0.230 e. The van der Waals surface area contributed by atoms with Crippen molar-refractivity contribution < 1.29 is 18.7 Å². The van der Waals surface area contributed by atoms with Gasteiger partial charge in [-0.3, -0.25) is 4.79 Å². The van der Waals surface area contributed by atoms with Crippen molar-refractivity contribution in [3.05, 3.63) is 53.8 Å². The number of rotatable bonds is 6. The van der Waals surface area contributed by atoms with Crippen LogP contribution in [0, 0.1) is 11.7 Å². The molecule has 4 nitrogen and oxygen atoms in total. The van der Waals surface area contributed by atoms with Gasteiger partial charge in [0, 0.05) is 11.3 Å². The maximum Gasteiger partial charge on any atom is 0.230 e. The molecule has 6 heteroatoms. The van der Waals surface area contributed by atoms with Gasteiger partial charge in [-0.1, -0.05) is 32.0 Å². The van der Waals surface area contributed by atoms with E-state index >= 15 is 0 Å². The molecule has 0 radical (unpaired) electrons. The molecule has 1 aliphatic rings. The molecule has 0 saturated heterocycles. The first-order valence-electron chi connectivity index (χ1n) is 9.11. The lowest BCUT2D eigenvalue weighted by atomic mass is 9.95. The lowest BCUT2D eigenvalue weighted by molar-refractivity contribution is -0.119. The summed E-state index contributed by atoms with van der Waals surface area (Å²) in [5.41, 5.74) is 0.971. The molecule has 27 heavy (non-hydrogen) atoms. The fourth-order valence-corrected chi connectivity index (χ4v) is 3.68. The Morgan fingerprint density at radius 1 is 1.15 bits per heavy atom. The van der Waals surface area contributed by atoms with Crippen LogP contribution in [0.5, 0.6) is 11.5 Å². The summed E-state index contributed by atoms with van der Waals surface area (Å²) in [7, 11) is 0. The number of hydrogen-bond acceptors (Lipinski definition) is 4. The molecule has 0 bridgehead atoms. The maximum atomic E-state index is 13.7. The highest BCUT2D eigenvalue weighted by atomic mass is 32.2. The van der Waals surface area contributed by atoms with Gasteiger partial charge in [0.05, 0.1) is 25.0 Å². The number of ether oxygens (including phenoxy) is 2. The Hall–Kier alpha value is -2.21. The zero-order valence-electron chi connectivity index (χ0n) is 15.5. The van der Waals surface area contributed by atoms with Crippen LogP contribution in [0.3, 0.4) is 0 Å². The van der Waals surface area contributed by atoms with Crippen LogP contribution in [-0.4, -0.2) is 24.9 Å². The number of hydrogen-bond donors (Lipinski definition) is 1. The molecule has 2 aromatic rings. The van der Waals surface area contributed by atoms with Gasteiger partial charge < -0.3 is 14.8 Å². The summed E-state index contributed by atoms with van der Waals surface area (Å²) in [6, 6.07) is 12.1. The Balaban J connectivity index is 1.68. The zero-order valence-corrected chi connectivity index (χ0v) is 16.4. The van der Waals surface area contributed by atoms with Crippen molar-refractivity contribution >= 4 is 17.7 Å². The SMILES string of the molecule is CC(C)C(NC(=O)CSc1ccccc1F)c1ccc2c(c1)OCCCO2. The number of fused-ring (bicyclic) bond motifs is 1. The quantitative estimate of drug-likeness (QED) is 0.734. The molecule has 2 aromatic carbocycles. The molecule has 1 aliphatic heterocycles. The van der Waals surface area contributed by atoms with E-state index in [9.17, 15) is 9.18 Å². The number of amides is 1. The van der Waals surface area contributed by atoms with Gasteiger partial charge in [-0.25, -0.2) is 4.39 Å². The first-order chi connectivity index (χ1) is 13.0. The van der Waals surface area contributed by atoms with Crippen LogP contribution in [0.2, 0.25) is 0 Å². The van der Waals surface area contributed by atoms with Gasteiger partial charge in [-0.15, -0.1) is 11.8 Å². The maximum absolute atomic E-state index is 13.7. The molecular weight excluding hydrogens is 365 g/mol. The largest absolute Gasteiger partial charge is 0.490 e. The number of carbonyl (C=O) groups excluding carboxylic acids is 1. The summed E-state index contributed by atoms with van der Waals surface area (Å²) in [6.07, 6.45) is 0.849.